The summed E-state index contributed by atoms with van der Waals surface area (Å²) in [6.07, 6.45) is 1.56. The van der Waals surface area contributed by atoms with Crippen molar-refractivity contribution in [1.82, 2.24) is 4.90 Å². The number of likely N-dealkylation sites (tertiary alicyclic amines) is 1. The smallest absolute Gasteiger partial charge is 0.251 e. The summed E-state index contributed by atoms with van der Waals surface area (Å²) in [5, 5.41) is 0. The van der Waals surface area contributed by atoms with Gasteiger partial charge < -0.3 is 15.4 Å². The number of amides is 2. The van der Waals surface area contributed by atoms with Gasteiger partial charge in [0.25, 0.3) is 5.91 Å². The lowest BCUT2D eigenvalue weighted by Gasteiger charge is -2.41. The summed E-state index contributed by atoms with van der Waals surface area (Å²) in [4.78, 5) is 26.4. The Morgan fingerprint density at radius 3 is 2.57 bits per heavy atom. The van der Waals surface area contributed by atoms with E-state index < -0.39 is 11.5 Å². The molecule has 0 aromatic heterocycles. The minimum atomic E-state index is -0.511. The molecule has 0 spiro atoms. The molecule has 1 unspecified atom stereocenters. The Morgan fingerprint density at radius 1 is 1.17 bits per heavy atom. The third-order valence-corrected chi connectivity index (χ3v) is 6.99. The van der Waals surface area contributed by atoms with Crippen molar-refractivity contribution in [3.05, 3.63) is 70.8 Å². The number of fused-ring (bicyclic) bond motifs is 1. The van der Waals surface area contributed by atoms with Crippen molar-refractivity contribution >= 4 is 11.8 Å². The van der Waals surface area contributed by atoms with Gasteiger partial charge in [-0.15, -0.1) is 0 Å². The van der Waals surface area contributed by atoms with Gasteiger partial charge in [-0.2, -0.15) is 0 Å². The largest absolute Gasteiger partial charge is 0.369 e. The minimum absolute atomic E-state index is 0.0390. The molecular weight excluding hydrogens is 376 g/mol. The van der Waals surface area contributed by atoms with Crippen LogP contribution in [-0.2, 0) is 33.8 Å². The van der Waals surface area contributed by atoms with Crippen LogP contribution in [0.15, 0.2) is 48.5 Å². The molecule has 30 heavy (non-hydrogen) atoms. The highest BCUT2D eigenvalue weighted by Crippen LogP contribution is 2.37. The van der Waals surface area contributed by atoms with Crippen LogP contribution in [-0.4, -0.2) is 35.9 Å². The van der Waals surface area contributed by atoms with E-state index in [1.165, 1.54) is 11.1 Å². The Labute approximate surface area is 178 Å². The summed E-state index contributed by atoms with van der Waals surface area (Å²) in [6, 6.07) is 16.7. The van der Waals surface area contributed by atoms with E-state index in [9.17, 15) is 9.59 Å². The fourth-order valence-corrected chi connectivity index (χ4v) is 4.86. The van der Waals surface area contributed by atoms with Gasteiger partial charge in [-0.05, 0) is 48.4 Å². The van der Waals surface area contributed by atoms with Crippen molar-refractivity contribution in [1.29, 1.82) is 0 Å². The standard InChI is InChI=1S/C25H30N2O3/c1-16-21(18-7-5-4-6-8-18)12-22(23(28)27(16)3)30-15-17-9-10-19-13-25(2,24(26)29)14-20(19)11-17/h4-11,16,21-22H,12-15H2,1-3H3,(H2,26,29)/t16-,21-,22+,25?/m1/s1. The highest BCUT2D eigenvalue weighted by molar-refractivity contribution is 5.83. The molecule has 2 aromatic rings. The molecule has 2 aliphatic rings. The summed E-state index contributed by atoms with van der Waals surface area (Å²) in [7, 11) is 1.86. The summed E-state index contributed by atoms with van der Waals surface area (Å²) in [6.45, 7) is 4.40. The molecule has 1 aliphatic heterocycles. The van der Waals surface area contributed by atoms with Crippen molar-refractivity contribution in [3.63, 3.8) is 0 Å². The average Bonchev–Trinajstić information content (AvgIpc) is 3.09. The van der Waals surface area contributed by atoms with E-state index in [1.54, 1.807) is 0 Å². The lowest BCUT2D eigenvalue weighted by atomic mass is 9.83. The first-order valence-corrected chi connectivity index (χ1v) is 10.6. The van der Waals surface area contributed by atoms with E-state index in [0.29, 0.717) is 25.9 Å². The van der Waals surface area contributed by atoms with Crippen LogP contribution in [0, 0.1) is 5.41 Å². The first-order chi connectivity index (χ1) is 14.3. The van der Waals surface area contributed by atoms with Crippen LogP contribution in [0.25, 0.3) is 0 Å². The number of nitrogens with zero attached hydrogens (tertiary/aromatic N) is 1. The van der Waals surface area contributed by atoms with E-state index >= 15 is 0 Å². The number of hydrogen-bond acceptors (Lipinski definition) is 3. The zero-order valence-corrected chi connectivity index (χ0v) is 17.9. The molecule has 1 aliphatic carbocycles. The number of hydrogen-bond donors (Lipinski definition) is 1. The van der Waals surface area contributed by atoms with E-state index in [4.69, 9.17) is 10.5 Å². The number of ether oxygens (including phenoxy) is 1. The molecule has 158 valence electrons. The van der Waals surface area contributed by atoms with Crippen molar-refractivity contribution in [2.45, 2.75) is 57.8 Å². The predicted molar refractivity (Wildman–Crippen MR) is 116 cm³/mol. The zero-order valence-electron chi connectivity index (χ0n) is 17.9. The van der Waals surface area contributed by atoms with Gasteiger partial charge in [0.1, 0.15) is 6.10 Å². The molecule has 1 fully saturated rings. The average molecular weight is 407 g/mol. The van der Waals surface area contributed by atoms with Crippen LogP contribution in [0.3, 0.4) is 0 Å². The molecule has 1 saturated heterocycles. The van der Waals surface area contributed by atoms with Gasteiger partial charge in [0.05, 0.1) is 12.0 Å². The fourth-order valence-electron chi connectivity index (χ4n) is 4.86. The molecular formula is C25H30N2O3. The topological polar surface area (TPSA) is 72.6 Å². The lowest BCUT2D eigenvalue weighted by molar-refractivity contribution is -0.151. The number of benzene rings is 2. The molecule has 2 aromatic carbocycles. The zero-order chi connectivity index (χ0) is 21.5. The van der Waals surface area contributed by atoms with E-state index in [1.807, 2.05) is 43.1 Å². The molecule has 2 N–H and O–H groups in total. The number of piperidine rings is 1. The minimum Gasteiger partial charge on any atom is -0.369 e. The Morgan fingerprint density at radius 2 is 1.87 bits per heavy atom. The maximum atomic E-state index is 12.8. The lowest BCUT2D eigenvalue weighted by Crippen LogP contribution is -2.51. The van der Waals surface area contributed by atoms with Crippen molar-refractivity contribution in [3.8, 4) is 0 Å². The van der Waals surface area contributed by atoms with Crippen LogP contribution in [0.4, 0.5) is 0 Å². The van der Waals surface area contributed by atoms with Gasteiger partial charge in [0.2, 0.25) is 5.91 Å². The van der Waals surface area contributed by atoms with Crippen LogP contribution in [0.5, 0.6) is 0 Å². The number of nitrogens with two attached hydrogens (primary N) is 1. The molecule has 0 saturated carbocycles. The Bertz CT molecular complexity index is 958. The summed E-state index contributed by atoms with van der Waals surface area (Å²) in [5.74, 6) is 0.0285. The third-order valence-electron chi connectivity index (χ3n) is 6.99. The summed E-state index contributed by atoms with van der Waals surface area (Å²) >= 11 is 0. The molecule has 1 heterocycles. The van der Waals surface area contributed by atoms with Crippen LogP contribution >= 0.6 is 0 Å². The van der Waals surface area contributed by atoms with Gasteiger partial charge in [0, 0.05) is 19.0 Å². The van der Waals surface area contributed by atoms with E-state index in [2.05, 4.69) is 31.2 Å². The molecule has 2 amide bonds. The second-order valence-electron chi connectivity index (χ2n) is 9.12. The van der Waals surface area contributed by atoms with Gasteiger partial charge in [-0.25, -0.2) is 0 Å². The quantitative estimate of drug-likeness (QED) is 0.829. The van der Waals surface area contributed by atoms with Gasteiger partial charge in [-0.1, -0.05) is 55.5 Å². The fraction of sp³-hybridized carbons (Fsp3) is 0.440. The SMILES string of the molecule is C[C@@H]1[C@H](c2ccccc2)C[C@H](OCc2ccc3c(c2)CC(C)(C(N)=O)C3)C(=O)N1C. The van der Waals surface area contributed by atoms with Crippen molar-refractivity contribution in [2.75, 3.05) is 7.05 Å². The highest BCUT2D eigenvalue weighted by atomic mass is 16.5. The molecule has 4 atom stereocenters. The number of primary amides is 1. The third kappa shape index (κ3) is 3.74. The molecule has 0 bridgehead atoms. The first-order valence-electron chi connectivity index (χ1n) is 10.6. The van der Waals surface area contributed by atoms with Gasteiger partial charge in [-0.3, -0.25) is 9.59 Å². The van der Waals surface area contributed by atoms with Crippen molar-refractivity contribution in [2.24, 2.45) is 11.1 Å². The maximum absolute atomic E-state index is 12.8. The Balaban J connectivity index is 1.46. The molecule has 5 nitrogen and oxygen atoms in total. The van der Waals surface area contributed by atoms with Crippen LogP contribution in [0.1, 0.15) is 48.4 Å². The van der Waals surface area contributed by atoms with Gasteiger partial charge in [0.15, 0.2) is 0 Å². The Kier molecular flexibility index (Phi) is 5.41. The summed E-state index contributed by atoms with van der Waals surface area (Å²) in [5.41, 5.74) is 9.67. The number of rotatable bonds is 5. The maximum Gasteiger partial charge on any atom is 0.251 e. The van der Waals surface area contributed by atoms with Crippen molar-refractivity contribution < 1.29 is 14.3 Å². The number of likely N-dealkylation sites (N-methyl/N-ethyl adjacent to an activating group) is 1. The van der Waals surface area contributed by atoms with E-state index in [-0.39, 0.29) is 23.8 Å². The van der Waals surface area contributed by atoms with Crippen LogP contribution in [0.2, 0.25) is 0 Å². The second-order valence-corrected chi connectivity index (χ2v) is 9.12. The molecule has 5 heteroatoms. The normalized spacial score (nSPS) is 28.4. The monoisotopic (exact) mass is 406 g/mol. The van der Waals surface area contributed by atoms with Gasteiger partial charge >= 0.3 is 0 Å². The first kappa shape index (κ1) is 20.6. The molecule has 0 radical (unpaired) electrons. The van der Waals surface area contributed by atoms with E-state index in [0.717, 1.165) is 11.1 Å². The number of carbonyl (C=O) groups excluding carboxylic acids is 2. The highest BCUT2D eigenvalue weighted by Gasteiger charge is 2.40. The predicted octanol–water partition coefficient (Wildman–Crippen LogP) is 3.20. The Hall–Kier alpha value is -2.66. The number of carbonyl (C=O) groups is 2. The second kappa shape index (κ2) is 7.88. The van der Waals surface area contributed by atoms with Crippen LogP contribution < -0.4 is 5.73 Å². The molecule has 4 rings (SSSR count). The summed E-state index contributed by atoms with van der Waals surface area (Å²) < 4.78 is 6.13.